The van der Waals surface area contributed by atoms with Gasteiger partial charge in [-0.15, -0.1) is 11.3 Å². The zero-order valence-electron chi connectivity index (χ0n) is 18.1. The molecule has 3 aromatic rings. The Bertz CT molecular complexity index is 1090. The number of thiophene rings is 1. The molecule has 0 bridgehead atoms. The number of ketones is 1. The second-order valence-corrected chi connectivity index (χ2v) is 10.0. The maximum Gasteiger partial charge on any atom is 0.163 e. The molecule has 1 aliphatic carbocycles. The third kappa shape index (κ3) is 3.64. The van der Waals surface area contributed by atoms with Crippen molar-refractivity contribution in [2.24, 2.45) is 7.05 Å². The topological polar surface area (TPSA) is 57.0 Å². The average Bonchev–Trinajstić information content (AvgIpc) is 3.21. The summed E-state index contributed by atoms with van der Waals surface area (Å²) in [6.07, 6.45) is 5.76. The number of fused-ring (bicyclic) bond motifs is 3. The number of nitrogens with zero attached hydrogens (tertiary/aromatic N) is 3. The van der Waals surface area contributed by atoms with Crippen molar-refractivity contribution in [3.8, 4) is 11.3 Å². The molecule has 0 radical (unpaired) electrons. The van der Waals surface area contributed by atoms with Crippen LogP contribution in [0.25, 0.3) is 21.5 Å². The van der Waals surface area contributed by atoms with Gasteiger partial charge in [0, 0.05) is 40.3 Å². The molecular formula is C23H29N3O2S. The molecule has 0 aromatic carbocycles. The average molecular weight is 412 g/mol. The van der Waals surface area contributed by atoms with Gasteiger partial charge >= 0.3 is 0 Å². The highest BCUT2D eigenvalue weighted by atomic mass is 32.1. The van der Waals surface area contributed by atoms with Gasteiger partial charge in [0.05, 0.1) is 11.3 Å². The molecule has 0 saturated carbocycles. The van der Waals surface area contributed by atoms with E-state index in [1.807, 2.05) is 51.7 Å². The van der Waals surface area contributed by atoms with Crippen LogP contribution in [-0.2, 0) is 29.4 Å². The number of aromatic nitrogens is 3. The molecule has 4 rings (SSSR count). The Morgan fingerprint density at radius 1 is 1.28 bits per heavy atom. The normalized spacial score (nSPS) is 15.5. The number of hydrogen-bond donors (Lipinski definition) is 0. The largest absolute Gasteiger partial charge is 0.360 e. The van der Waals surface area contributed by atoms with Gasteiger partial charge in [-0.25, -0.2) is 4.98 Å². The van der Waals surface area contributed by atoms with Crippen molar-refractivity contribution in [1.82, 2.24) is 14.8 Å². The Morgan fingerprint density at radius 3 is 2.62 bits per heavy atom. The molecule has 154 valence electrons. The predicted octanol–water partition coefficient (Wildman–Crippen LogP) is 5.33. The van der Waals surface area contributed by atoms with Crippen LogP contribution in [0.15, 0.2) is 12.3 Å². The maximum absolute atomic E-state index is 12.8. The second kappa shape index (κ2) is 7.33. The van der Waals surface area contributed by atoms with E-state index < -0.39 is 11.7 Å². The summed E-state index contributed by atoms with van der Waals surface area (Å²) in [5.74, 6) is -0.00306. The van der Waals surface area contributed by atoms with E-state index in [2.05, 4.69) is 5.10 Å². The first-order valence-electron chi connectivity index (χ1n) is 10.3. The fourth-order valence-corrected chi connectivity index (χ4v) is 5.64. The minimum atomic E-state index is -0.657. The molecule has 3 aromatic heterocycles. The smallest absolute Gasteiger partial charge is 0.163 e. The first-order valence-corrected chi connectivity index (χ1v) is 11.1. The lowest BCUT2D eigenvalue weighted by Gasteiger charge is -2.29. The van der Waals surface area contributed by atoms with Gasteiger partial charge in [-0.2, -0.15) is 5.10 Å². The van der Waals surface area contributed by atoms with Crippen LogP contribution >= 0.6 is 11.3 Å². The maximum atomic E-state index is 12.8. The molecule has 0 fully saturated rings. The van der Waals surface area contributed by atoms with Gasteiger partial charge < -0.3 is 4.74 Å². The van der Waals surface area contributed by atoms with E-state index in [0.29, 0.717) is 0 Å². The highest BCUT2D eigenvalue weighted by Gasteiger charge is 2.32. The number of ether oxygens (including phenoxy) is 1. The third-order valence-corrected chi connectivity index (χ3v) is 6.70. The molecule has 0 aliphatic heterocycles. The van der Waals surface area contributed by atoms with E-state index >= 15 is 0 Å². The summed E-state index contributed by atoms with van der Waals surface area (Å²) >= 11 is 1.81. The van der Waals surface area contributed by atoms with Crippen molar-refractivity contribution in [2.75, 3.05) is 0 Å². The van der Waals surface area contributed by atoms with Crippen molar-refractivity contribution < 1.29 is 9.53 Å². The SMILES string of the molecule is CC(=O)C(OC(C)(C)C)c1c(C)nc2sc3c(c2c1-c1ccnn1C)CCCC3. The zero-order chi connectivity index (χ0) is 20.9. The third-order valence-electron chi connectivity index (χ3n) is 5.51. The van der Waals surface area contributed by atoms with E-state index in [1.54, 1.807) is 18.3 Å². The van der Waals surface area contributed by atoms with Crippen LogP contribution in [-0.4, -0.2) is 26.1 Å². The van der Waals surface area contributed by atoms with Crippen LogP contribution in [0.1, 0.15) is 68.3 Å². The van der Waals surface area contributed by atoms with Crippen molar-refractivity contribution >= 4 is 27.3 Å². The highest BCUT2D eigenvalue weighted by molar-refractivity contribution is 7.19. The van der Waals surface area contributed by atoms with Crippen LogP contribution in [0, 0.1) is 6.92 Å². The summed E-state index contributed by atoms with van der Waals surface area (Å²) in [5.41, 5.74) is 4.77. The lowest BCUT2D eigenvalue weighted by atomic mass is 9.89. The van der Waals surface area contributed by atoms with Gasteiger partial charge in [0.25, 0.3) is 0 Å². The van der Waals surface area contributed by atoms with Gasteiger partial charge in [-0.1, -0.05) is 0 Å². The van der Waals surface area contributed by atoms with Gasteiger partial charge in [0.1, 0.15) is 10.9 Å². The molecule has 29 heavy (non-hydrogen) atoms. The van der Waals surface area contributed by atoms with Crippen LogP contribution in [0.5, 0.6) is 0 Å². The number of pyridine rings is 1. The highest BCUT2D eigenvalue weighted by Crippen LogP contribution is 2.45. The minimum Gasteiger partial charge on any atom is -0.360 e. The molecule has 0 amide bonds. The quantitative estimate of drug-likeness (QED) is 0.582. The van der Waals surface area contributed by atoms with E-state index in [1.165, 1.54) is 28.7 Å². The van der Waals surface area contributed by atoms with Gasteiger partial charge in [-0.05, 0) is 71.9 Å². The number of carbonyl (C=O) groups excluding carboxylic acids is 1. The number of rotatable bonds is 4. The summed E-state index contributed by atoms with van der Waals surface area (Å²) in [6, 6.07) is 2.03. The van der Waals surface area contributed by atoms with Crippen molar-refractivity contribution in [3.05, 3.63) is 34.0 Å². The summed E-state index contributed by atoms with van der Waals surface area (Å²) in [4.78, 5) is 20.2. The zero-order valence-corrected chi connectivity index (χ0v) is 18.9. The number of carbonyl (C=O) groups is 1. The van der Waals surface area contributed by atoms with Crippen molar-refractivity contribution in [2.45, 2.75) is 72.0 Å². The van der Waals surface area contributed by atoms with Crippen molar-refractivity contribution in [1.29, 1.82) is 0 Å². The molecule has 1 atom stereocenters. The number of Topliss-reactive ketones (excluding diaryl/α,β-unsaturated/α-hetero) is 1. The molecule has 3 heterocycles. The molecule has 0 N–H and O–H groups in total. The number of aryl methyl sites for hydroxylation is 4. The van der Waals surface area contributed by atoms with Crippen LogP contribution in [0.4, 0.5) is 0 Å². The number of hydrogen-bond acceptors (Lipinski definition) is 5. The lowest BCUT2D eigenvalue weighted by Crippen LogP contribution is -2.27. The Morgan fingerprint density at radius 2 is 2.00 bits per heavy atom. The molecule has 5 nitrogen and oxygen atoms in total. The molecule has 0 spiro atoms. The summed E-state index contributed by atoms with van der Waals surface area (Å²) in [6.45, 7) is 9.56. The summed E-state index contributed by atoms with van der Waals surface area (Å²) in [7, 11) is 1.95. The Labute approximate surface area is 176 Å². The minimum absolute atomic E-state index is 0.00306. The molecular weight excluding hydrogens is 382 g/mol. The van der Waals surface area contributed by atoms with Gasteiger partial charge in [-0.3, -0.25) is 9.48 Å². The first kappa shape index (κ1) is 20.2. The Balaban J connectivity index is 2.09. The second-order valence-electron chi connectivity index (χ2n) is 8.94. The van der Waals surface area contributed by atoms with Crippen LogP contribution in [0.2, 0.25) is 0 Å². The van der Waals surface area contributed by atoms with E-state index in [-0.39, 0.29) is 5.78 Å². The summed E-state index contributed by atoms with van der Waals surface area (Å²) in [5, 5.41) is 5.61. The molecule has 0 saturated heterocycles. The van der Waals surface area contributed by atoms with E-state index in [4.69, 9.17) is 9.72 Å². The monoisotopic (exact) mass is 411 g/mol. The van der Waals surface area contributed by atoms with Crippen LogP contribution in [0.3, 0.4) is 0 Å². The molecule has 1 aliphatic rings. The molecule has 1 unspecified atom stereocenters. The standard InChI is InChI=1S/C23H29N3O2S/c1-13-18(21(14(2)27)28-23(3,4)5)20(16-11-12-24-26(16)6)19-15-9-7-8-10-17(15)29-22(19)25-13/h11-12,21H,7-10H2,1-6H3. The Hall–Kier alpha value is -2.05. The van der Waals surface area contributed by atoms with Gasteiger partial charge in [0.15, 0.2) is 5.78 Å². The van der Waals surface area contributed by atoms with E-state index in [9.17, 15) is 4.79 Å². The first-order chi connectivity index (χ1) is 13.7. The van der Waals surface area contributed by atoms with E-state index in [0.717, 1.165) is 40.2 Å². The predicted molar refractivity (Wildman–Crippen MR) is 117 cm³/mol. The molecule has 6 heteroatoms. The fourth-order valence-electron chi connectivity index (χ4n) is 4.32. The van der Waals surface area contributed by atoms with Crippen molar-refractivity contribution in [3.63, 3.8) is 0 Å². The lowest BCUT2D eigenvalue weighted by molar-refractivity contribution is -0.138. The van der Waals surface area contributed by atoms with Gasteiger partial charge in [0.2, 0.25) is 0 Å². The fraction of sp³-hybridized carbons (Fsp3) is 0.522. The summed E-state index contributed by atoms with van der Waals surface area (Å²) < 4.78 is 8.19. The van der Waals surface area contributed by atoms with Crippen LogP contribution < -0.4 is 0 Å². The Kier molecular flexibility index (Phi) is 5.11.